The molecule has 0 aliphatic carbocycles. The first kappa shape index (κ1) is 19.3. The minimum absolute atomic E-state index is 0.274. The number of rotatable bonds is 4. The van der Waals surface area contributed by atoms with Crippen molar-refractivity contribution < 1.29 is 0 Å². The molecule has 1 aliphatic rings. The van der Waals surface area contributed by atoms with Crippen molar-refractivity contribution in [1.29, 1.82) is 5.26 Å². The maximum absolute atomic E-state index is 9.10. The number of benzene rings is 1. The van der Waals surface area contributed by atoms with E-state index in [0.29, 0.717) is 11.5 Å². The van der Waals surface area contributed by atoms with E-state index < -0.39 is 0 Å². The summed E-state index contributed by atoms with van der Waals surface area (Å²) in [5.41, 5.74) is 9.51. The summed E-state index contributed by atoms with van der Waals surface area (Å²) in [5.74, 6) is 0.670. The third kappa shape index (κ3) is 4.06. The summed E-state index contributed by atoms with van der Waals surface area (Å²) in [5, 5.41) is 10.1. The van der Waals surface area contributed by atoms with Crippen LogP contribution in [0.1, 0.15) is 18.4 Å². The Bertz CT molecular complexity index is 1010. The van der Waals surface area contributed by atoms with Crippen LogP contribution in [-0.2, 0) is 0 Å². The summed E-state index contributed by atoms with van der Waals surface area (Å²) in [7, 11) is 3.84. The highest BCUT2D eigenvalue weighted by Gasteiger charge is 2.23. The zero-order chi connectivity index (χ0) is 20.4. The molecule has 7 nitrogen and oxygen atoms in total. The fourth-order valence-electron chi connectivity index (χ4n) is 3.30. The molecule has 3 heterocycles. The molecule has 0 radical (unpaired) electrons. The molecule has 148 valence electrons. The molecular weight excluding hydrogens is 382 g/mol. The Balaban J connectivity index is 1.75. The Morgan fingerprint density at radius 1 is 1.10 bits per heavy atom. The predicted octanol–water partition coefficient (Wildman–Crippen LogP) is 3.13. The Hall–Kier alpha value is -3.02. The minimum atomic E-state index is 0.274. The maximum atomic E-state index is 9.10. The molecule has 1 aromatic carbocycles. The summed E-state index contributed by atoms with van der Waals surface area (Å²) in [6.07, 6.45) is 5.64. The topological polar surface area (TPSA) is 95.0 Å². The molecular formula is C21H23N7S. The fraction of sp³-hybridized carbons (Fsp3) is 0.333. The zero-order valence-electron chi connectivity index (χ0n) is 16.5. The van der Waals surface area contributed by atoms with Crippen LogP contribution in [0, 0.1) is 11.3 Å². The summed E-state index contributed by atoms with van der Waals surface area (Å²) in [4.78, 5) is 19.1. The van der Waals surface area contributed by atoms with Crippen molar-refractivity contribution in [3.8, 4) is 27.8 Å². The highest BCUT2D eigenvalue weighted by Crippen LogP contribution is 2.40. The highest BCUT2D eigenvalue weighted by atomic mass is 32.1. The van der Waals surface area contributed by atoms with Crippen molar-refractivity contribution in [2.24, 2.45) is 5.73 Å². The van der Waals surface area contributed by atoms with E-state index in [1.54, 1.807) is 11.3 Å². The SMILES string of the molecule is CN(C)c1ncc(-c2sc(N3CCC(N)CC3)nc2-c2ccc(C#N)cc2)cn1. The Morgan fingerprint density at radius 2 is 1.76 bits per heavy atom. The lowest BCUT2D eigenvalue weighted by molar-refractivity contribution is 0.501. The Morgan fingerprint density at radius 3 is 2.34 bits per heavy atom. The van der Waals surface area contributed by atoms with E-state index in [9.17, 15) is 0 Å². The number of piperidine rings is 1. The van der Waals surface area contributed by atoms with Crippen LogP contribution >= 0.6 is 11.3 Å². The molecule has 0 atom stereocenters. The van der Waals surface area contributed by atoms with E-state index in [4.69, 9.17) is 16.0 Å². The van der Waals surface area contributed by atoms with Crippen molar-refractivity contribution in [2.45, 2.75) is 18.9 Å². The third-order valence-corrected chi connectivity index (χ3v) is 6.18. The number of aromatic nitrogens is 3. The van der Waals surface area contributed by atoms with Crippen LogP contribution < -0.4 is 15.5 Å². The van der Waals surface area contributed by atoms with Gasteiger partial charge in [0, 0.05) is 56.7 Å². The molecule has 29 heavy (non-hydrogen) atoms. The van der Waals surface area contributed by atoms with Crippen LogP contribution in [0.4, 0.5) is 11.1 Å². The normalized spacial score (nSPS) is 14.6. The lowest BCUT2D eigenvalue weighted by Gasteiger charge is -2.29. The van der Waals surface area contributed by atoms with Gasteiger partial charge in [0.05, 0.1) is 22.2 Å². The summed E-state index contributed by atoms with van der Waals surface area (Å²) in [6.45, 7) is 1.83. The molecule has 2 aromatic heterocycles. The lowest BCUT2D eigenvalue weighted by Crippen LogP contribution is -2.39. The second-order valence-electron chi connectivity index (χ2n) is 7.35. The smallest absolute Gasteiger partial charge is 0.224 e. The number of nitriles is 1. The van der Waals surface area contributed by atoms with Gasteiger partial charge in [-0.3, -0.25) is 0 Å². The number of nitrogens with zero attached hydrogens (tertiary/aromatic N) is 6. The number of thiazole rings is 1. The number of nitrogens with two attached hydrogens (primary N) is 1. The summed E-state index contributed by atoms with van der Waals surface area (Å²) < 4.78 is 0. The Kier molecular flexibility index (Phi) is 5.43. The average molecular weight is 406 g/mol. The van der Waals surface area contributed by atoms with Crippen LogP contribution in [-0.4, -0.2) is 48.2 Å². The molecule has 0 amide bonds. The molecule has 0 spiro atoms. The van der Waals surface area contributed by atoms with E-state index in [1.807, 2.05) is 55.7 Å². The molecule has 3 aromatic rings. The zero-order valence-corrected chi connectivity index (χ0v) is 17.4. The monoisotopic (exact) mass is 405 g/mol. The van der Waals surface area contributed by atoms with Gasteiger partial charge in [-0.05, 0) is 25.0 Å². The van der Waals surface area contributed by atoms with E-state index in [1.165, 1.54) is 0 Å². The van der Waals surface area contributed by atoms with Gasteiger partial charge in [-0.2, -0.15) is 5.26 Å². The molecule has 1 aliphatic heterocycles. The van der Waals surface area contributed by atoms with Crippen LogP contribution in [0.2, 0.25) is 0 Å². The van der Waals surface area contributed by atoms with Gasteiger partial charge in [-0.15, -0.1) is 0 Å². The highest BCUT2D eigenvalue weighted by molar-refractivity contribution is 7.19. The first-order valence-electron chi connectivity index (χ1n) is 9.57. The molecule has 0 saturated carbocycles. The van der Waals surface area contributed by atoms with Gasteiger partial charge in [0.2, 0.25) is 5.95 Å². The molecule has 0 unspecified atom stereocenters. The van der Waals surface area contributed by atoms with Crippen molar-refractivity contribution >= 4 is 22.4 Å². The van der Waals surface area contributed by atoms with Crippen molar-refractivity contribution in [3.63, 3.8) is 0 Å². The predicted molar refractivity (Wildman–Crippen MR) is 117 cm³/mol. The first-order valence-corrected chi connectivity index (χ1v) is 10.4. The van der Waals surface area contributed by atoms with Crippen LogP contribution in [0.25, 0.3) is 21.7 Å². The Labute approximate surface area is 174 Å². The number of anilines is 2. The number of hydrogen-bond donors (Lipinski definition) is 1. The van der Waals surface area contributed by atoms with Crippen LogP contribution in [0.3, 0.4) is 0 Å². The largest absolute Gasteiger partial charge is 0.348 e. The van der Waals surface area contributed by atoms with Crippen molar-refractivity contribution in [3.05, 3.63) is 42.2 Å². The van der Waals surface area contributed by atoms with Gasteiger partial charge in [0.25, 0.3) is 0 Å². The van der Waals surface area contributed by atoms with E-state index >= 15 is 0 Å². The molecule has 1 fully saturated rings. The van der Waals surface area contributed by atoms with Gasteiger partial charge in [-0.1, -0.05) is 23.5 Å². The quantitative estimate of drug-likeness (QED) is 0.712. The van der Waals surface area contributed by atoms with Gasteiger partial charge in [0.15, 0.2) is 5.13 Å². The standard InChI is InChI=1S/C21H23N7S/c1-27(2)20-24-12-16(13-25-20)19-18(15-5-3-14(11-22)4-6-15)26-21(29-19)28-9-7-17(23)8-10-28/h3-6,12-13,17H,7-10,23H2,1-2H3. The molecule has 2 N–H and O–H groups in total. The summed E-state index contributed by atoms with van der Waals surface area (Å²) in [6, 6.07) is 9.98. The maximum Gasteiger partial charge on any atom is 0.224 e. The van der Waals surface area contributed by atoms with Gasteiger partial charge in [-0.25, -0.2) is 15.0 Å². The molecule has 0 bridgehead atoms. The van der Waals surface area contributed by atoms with Crippen molar-refractivity contribution in [1.82, 2.24) is 15.0 Å². The first-order chi connectivity index (χ1) is 14.0. The molecule has 8 heteroatoms. The second-order valence-corrected chi connectivity index (χ2v) is 8.33. The fourth-order valence-corrected chi connectivity index (χ4v) is 4.41. The van der Waals surface area contributed by atoms with Gasteiger partial charge in [0.1, 0.15) is 0 Å². The summed E-state index contributed by atoms with van der Waals surface area (Å²) >= 11 is 1.65. The van der Waals surface area contributed by atoms with E-state index in [-0.39, 0.29) is 6.04 Å². The van der Waals surface area contributed by atoms with Gasteiger partial charge >= 0.3 is 0 Å². The minimum Gasteiger partial charge on any atom is -0.348 e. The lowest BCUT2D eigenvalue weighted by atomic mass is 10.1. The van der Waals surface area contributed by atoms with E-state index in [0.717, 1.165) is 52.8 Å². The second kappa shape index (κ2) is 8.15. The van der Waals surface area contributed by atoms with Crippen molar-refractivity contribution in [2.75, 3.05) is 37.0 Å². The molecule has 1 saturated heterocycles. The third-order valence-electron chi connectivity index (χ3n) is 5.01. The molecule has 4 rings (SSSR count). The number of hydrogen-bond acceptors (Lipinski definition) is 8. The van der Waals surface area contributed by atoms with Crippen LogP contribution in [0.15, 0.2) is 36.7 Å². The van der Waals surface area contributed by atoms with Crippen LogP contribution in [0.5, 0.6) is 0 Å². The average Bonchev–Trinajstić information content (AvgIpc) is 3.20. The van der Waals surface area contributed by atoms with E-state index in [2.05, 4.69) is 20.9 Å². The van der Waals surface area contributed by atoms with Gasteiger partial charge < -0.3 is 15.5 Å².